The van der Waals surface area contributed by atoms with Gasteiger partial charge in [0.15, 0.2) is 0 Å². The fraction of sp³-hybridized carbons (Fsp3) is 0.545. The van der Waals surface area contributed by atoms with E-state index in [0.29, 0.717) is 18.9 Å². The van der Waals surface area contributed by atoms with Crippen molar-refractivity contribution in [3.63, 3.8) is 0 Å². The molecule has 0 fully saturated rings. The van der Waals surface area contributed by atoms with E-state index in [1.54, 1.807) is 19.4 Å². The Hall–Kier alpha value is -1.33. The summed E-state index contributed by atoms with van der Waals surface area (Å²) in [4.78, 5) is 4.13. The molecule has 0 unspecified atom stereocenters. The highest BCUT2D eigenvalue weighted by molar-refractivity contribution is 5.48. The minimum Gasteiger partial charge on any atom is -0.399 e. The third kappa shape index (κ3) is 5.53. The first-order valence-electron chi connectivity index (χ1n) is 5.35. The van der Waals surface area contributed by atoms with E-state index in [1.165, 1.54) is 0 Å². The second-order valence-electron chi connectivity index (χ2n) is 3.36. The molecule has 1 heterocycles. The molecule has 0 spiro atoms. The normalized spacial score (nSPS) is 10.3. The number of ether oxygens (including phenoxy) is 2. The van der Waals surface area contributed by atoms with Crippen molar-refractivity contribution in [2.45, 2.75) is 6.42 Å². The summed E-state index contributed by atoms with van der Waals surface area (Å²) in [5.74, 6) is 0.803. The molecular formula is C11H19N3O2. The fourth-order valence-corrected chi connectivity index (χ4v) is 1.18. The molecule has 0 bridgehead atoms. The number of nitrogens with two attached hydrogens (primary N) is 1. The highest BCUT2D eigenvalue weighted by atomic mass is 16.5. The first-order valence-corrected chi connectivity index (χ1v) is 5.35. The third-order valence-electron chi connectivity index (χ3n) is 1.99. The van der Waals surface area contributed by atoms with Crippen LogP contribution in [0.1, 0.15) is 6.42 Å². The number of hydrogen-bond donors (Lipinski definition) is 2. The minimum atomic E-state index is 0.643. The van der Waals surface area contributed by atoms with Gasteiger partial charge in [-0.15, -0.1) is 0 Å². The van der Waals surface area contributed by atoms with Gasteiger partial charge in [-0.05, 0) is 12.5 Å². The lowest BCUT2D eigenvalue weighted by molar-refractivity contribution is 0.0705. The van der Waals surface area contributed by atoms with Crippen LogP contribution in [0.2, 0.25) is 0 Å². The predicted molar refractivity (Wildman–Crippen MR) is 64.5 cm³/mol. The number of methoxy groups -OCH3 is 1. The van der Waals surface area contributed by atoms with E-state index in [-0.39, 0.29) is 0 Å². The summed E-state index contributed by atoms with van der Waals surface area (Å²) in [6.07, 6.45) is 2.62. The van der Waals surface area contributed by atoms with Gasteiger partial charge in [0.2, 0.25) is 0 Å². The Bertz CT molecular complexity index is 294. The number of nitrogens with zero attached hydrogens (tertiary/aromatic N) is 1. The number of nitrogens with one attached hydrogen (secondary N) is 1. The lowest BCUT2D eigenvalue weighted by atomic mass is 10.4. The largest absolute Gasteiger partial charge is 0.399 e. The zero-order valence-corrected chi connectivity index (χ0v) is 9.61. The molecule has 1 aromatic rings. The van der Waals surface area contributed by atoms with Crippen LogP contribution in [0, 0.1) is 0 Å². The van der Waals surface area contributed by atoms with Crippen LogP contribution in [0.4, 0.5) is 11.5 Å². The van der Waals surface area contributed by atoms with E-state index in [4.69, 9.17) is 15.2 Å². The van der Waals surface area contributed by atoms with Gasteiger partial charge in [0.25, 0.3) is 0 Å². The van der Waals surface area contributed by atoms with Crippen LogP contribution in [0.25, 0.3) is 0 Å². The highest BCUT2D eigenvalue weighted by Crippen LogP contribution is 2.07. The maximum absolute atomic E-state index is 5.63. The quantitative estimate of drug-likeness (QED) is 0.649. The van der Waals surface area contributed by atoms with Crippen molar-refractivity contribution < 1.29 is 9.47 Å². The van der Waals surface area contributed by atoms with Gasteiger partial charge in [0.1, 0.15) is 5.82 Å². The van der Waals surface area contributed by atoms with E-state index in [9.17, 15) is 0 Å². The van der Waals surface area contributed by atoms with Gasteiger partial charge in [0, 0.05) is 38.2 Å². The molecule has 0 aliphatic rings. The van der Waals surface area contributed by atoms with Crippen LogP contribution in [0.3, 0.4) is 0 Å². The molecule has 0 atom stereocenters. The van der Waals surface area contributed by atoms with Crippen LogP contribution in [-0.2, 0) is 9.47 Å². The van der Waals surface area contributed by atoms with E-state index < -0.39 is 0 Å². The van der Waals surface area contributed by atoms with Gasteiger partial charge in [-0.25, -0.2) is 4.98 Å². The Kier molecular flexibility index (Phi) is 6.29. The number of hydrogen-bond acceptors (Lipinski definition) is 5. The van der Waals surface area contributed by atoms with Crippen molar-refractivity contribution in [3.05, 3.63) is 18.3 Å². The van der Waals surface area contributed by atoms with Crippen molar-refractivity contribution in [3.8, 4) is 0 Å². The van der Waals surface area contributed by atoms with Crippen LogP contribution in [0.15, 0.2) is 18.3 Å². The minimum absolute atomic E-state index is 0.643. The molecule has 5 heteroatoms. The molecule has 0 saturated heterocycles. The zero-order valence-electron chi connectivity index (χ0n) is 9.61. The summed E-state index contributed by atoms with van der Waals surface area (Å²) in [7, 11) is 1.66. The first-order chi connectivity index (χ1) is 7.83. The molecule has 1 aromatic heterocycles. The Labute approximate surface area is 96.0 Å². The Morgan fingerprint density at radius 1 is 1.38 bits per heavy atom. The van der Waals surface area contributed by atoms with Gasteiger partial charge >= 0.3 is 0 Å². The molecule has 3 N–H and O–H groups in total. The standard InChI is InChI=1S/C11H19N3O2/c1-15-7-8-16-6-2-4-13-11-9-10(12)3-5-14-11/h3,5,9H,2,4,6-8H2,1H3,(H3,12,13,14). The molecule has 0 aliphatic heterocycles. The lowest BCUT2D eigenvalue weighted by Crippen LogP contribution is -2.09. The van der Waals surface area contributed by atoms with Gasteiger partial charge in [-0.2, -0.15) is 0 Å². The topological polar surface area (TPSA) is 69.4 Å². The average Bonchev–Trinajstić information content (AvgIpc) is 2.28. The maximum Gasteiger partial charge on any atom is 0.127 e. The monoisotopic (exact) mass is 225 g/mol. The van der Waals surface area contributed by atoms with Crippen LogP contribution < -0.4 is 11.1 Å². The van der Waals surface area contributed by atoms with Gasteiger partial charge < -0.3 is 20.5 Å². The zero-order chi connectivity index (χ0) is 11.6. The smallest absolute Gasteiger partial charge is 0.127 e. The summed E-state index contributed by atoms with van der Waals surface area (Å²) in [5, 5.41) is 3.17. The van der Waals surface area contributed by atoms with Crippen molar-refractivity contribution in [2.75, 3.05) is 44.5 Å². The van der Waals surface area contributed by atoms with Crippen molar-refractivity contribution in [2.24, 2.45) is 0 Å². The second kappa shape index (κ2) is 7.90. The first kappa shape index (κ1) is 12.7. The molecule has 0 amide bonds. The van der Waals surface area contributed by atoms with Crippen LogP contribution in [-0.4, -0.2) is 38.5 Å². The van der Waals surface area contributed by atoms with Gasteiger partial charge in [-0.1, -0.05) is 0 Å². The van der Waals surface area contributed by atoms with Gasteiger partial charge in [-0.3, -0.25) is 0 Å². The Balaban J connectivity index is 2.03. The number of pyridine rings is 1. The van der Waals surface area contributed by atoms with E-state index in [2.05, 4.69) is 10.3 Å². The summed E-state index contributed by atoms with van der Waals surface area (Å²) in [6.45, 7) is 2.83. The molecule has 0 aromatic carbocycles. The fourth-order valence-electron chi connectivity index (χ4n) is 1.18. The molecular weight excluding hydrogens is 206 g/mol. The van der Waals surface area contributed by atoms with Crippen molar-refractivity contribution in [1.29, 1.82) is 0 Å². The highest BCUT2D eigenvalue weighted by Gasteiger charge is 1.94. The third-order valence-corrected chi connectivity index (χ3v) is 1.99. The number of anilines is 2. The maximum atomic E-state index is 5.63. The molecule has 1 rings (SSSR count). The van der Waals surface area contributed by atoms with Crippen LogP contribution >= 0.6 is 0 Å². The second-order valence-corrected chi connectivity index (χ2v) is 3.36. The molecule has 0 saturated carbocycles. The Morgan fingerprint density at radius 2 is 2.25 bits per heavy atom. The average molecular weight is 225 g/mol. The number of rotatable bonds is 8. The van der Waals surface area contributed by atoms with E-state index >= 15 is 0 Å². The molecule has 0 aliphatic carbocycles. The number of aromatic nitrogens is 1. The number of nitrogen functional groups attached to an aromatic ring is 1. The van der Waals surface area contributed by atoms with Crippen LogP contribution in [0.5, 0.6) is 0 Å². The summed E-state index contributed by atoms with van der Waals surface area (Å²) in [5.41, 5.74) is 6.34. The summed E-state index contributed by atoms with van der Waals surface area (Å²) < 4.78 is 10.2. The molecule has 16 heavy (non-hydrogen) atoms. The predicted octanol–water partition coefficient (Wildman–Crippen LogP) is 1.13. The SMILES string of the molecule is COCCOCCCNc1cc(N)ccn1. The van der Waals surface area contributed by atoms with E-state index in [0.717, 1.165) is 25.4 Å². The molecule has 0 radical (unpaired) electrons. The molecule has 90 valence electrons. The van der Waals surface area contributed by atoms with Gasteiger partial charge in [0.05, 0.1) is 13.2 Å². The summed E-state index contributed by atoms with van der Waals surface area (Å²) >= 11 is 0. The lowest BCUT2D eigenvalue weighted by Gasteiger charge is -2.06. The van der Waals surface area contributed by atoms with Crippen molar-refractivity contribution >= 4 is 11.5 Å². The molecule has 5 nitrogen and oxygen atoms in total. The van der Waals surface area contributed by atoms with E-state index in [1.807, 2.05) is 6.07 Å². The Morgan fingerprint density at radius 3 is 3.00 bits per heavy atom. The summed E-state index contributed by atoms with van der Waals surface area (Å²) in [6, 6.07) is 3.57. The van der Waals surface area contributed by atoms with Crippen molar-refractivity contribution in [1.82, 2.24) is 4.98 Å².